The molecule has 9 nitrogen and oxygen atoms in total. The van der Waals surface area contributed by atoms with Crippen molar-refractivity contribution in [1.82, 2.24) is 19.9 Å². The second kappa shape index (κ2) is 6.50. The van der Waals surface area contributed by atoms with Crippen molar-refractivity contribution in [2.75, 3.05) is 6.54 Å². The molecule has 1 aliphatic carbocycles. The average Bonchev–Trinajstić information content (AvgIpc) is 3.40. The lowest BCUT2D eigenvalue weighted by Gasteiger charge is -2.12. The smallest absolute Gasteiger partial charge is 0.329 e. The van der Waals surface area contributed by atoms with E-state index in [2.05, 4.69) is 15.3 Å². The van der Waals surface area contributed by atoms with Crippen LogP contribution >= 0.6 is 0 Å². The molecule has 1 saturated carbocycles. The number of aromatic amines is 1. The standard InChI is InChI=1S/C16H18N4O5/c1-2-5-20-13-12(15(24)19-16(20)25)9(14(23)17-7-11(21)22)6-10(18-13)8-3-4-8/h6,8H,2-5,7H2,1H3,(H,17,23)(H,21,22)(H,19,24,25). The van der Waals surface area contributed by atoms with Crippen LogP contribution in [0.25, 0.3) is 11.0 Å². The number of nitrogens with zero attached hydrogens (tertiary/aromatic N) is 2. The van der Waals surface area contributed by atoms with Gasteiger partial charge in [-0.1, -0.05) is 6.92 Å². The van der Waals surface area contributed by atoms with Crippen LogP contribution in [0.15, 0.2) is 15.7 Å². The number of carbonyl (C=O) groups excluding carboxylic acids is 1. The van der Waals surface area contributed by atoms with Crippen LogP contribution in [-0.2, 0) is 11.3 Å². The van der Waals surface area contributed by atoms with Gasteiger partial charge >= 0.3 is 11.7 Å². The predicted molar refractivity (Wildman–Crippen MR) is 88.9 cm³/mol. The number of aryl methyl sites for hydroxylation is 1. The Balaban J connectivity index is 2.25. The van der Waals surface area contributed by atoms with E-state index in [1.165, 1.54) is 10.6 Å². The maximum Gasteiger partial charge on any atom is 0.329 e. The average molecular weight is 346 g/mol. The maximum atomic E-state index is 12.4. The summed E-state index contributed by atoms with van der Waals surface area (Å²) in [6.07, 6.45) is 2.50. The Hall–Kier alpha value is -2.97. The van der Waals surface area contributed by atoms with Gasteiger partial charge in [0, 0.05) is 18.2 Å². The third-order valence-corrected chi connectivity index (χ3v) is 4.06. The van der Waals surface area contributed by atoms with E-state index in [4.69, 9.17) is 5.11 Å². The number of amides is 1. The number of aromatic nitrogens is 3. The molecule has 1 amide bonds. The van der Waals surface area contributed by atoms with Crippen molar-refractivity contribution in [3.05, 3.63) is 38.2 Å². The van der Waals surface area contributed by atoms with Crippen LogP contribution in [0.1, 0.15) is 48.2 Å². The van der Waals surface area contributed by atoms with E-state index in [-0.39, 0.29) is 22.5 Å². The lowest BCUT2D eigenvalue weighted by atomic mass is 10.1. The van der Waals surface area contributed by atoms with Gasteiger partial charge in [-0.2, -0.15) is 0 Å². The van der Waals surface area contributed by atoms with Gasteiger partial charge in [0.05, 0.1) is 10.9 Å². The molecule has 0 aromatic carbocycles. The van der Waals surface area contributed by atoms with Crippen molar-refractivity contribution in [2.24, 2.45) is 0 Å². The fourth-order valence-corrected chi connectivity index (χ4v) is 2.74. The molecule has 0 saturated heterocycles. The van der Waals surface area contributed by atoms with Crippen LogP contribution in [0.4, 0.5) is 0 Å². The third-order valence-electron chi connectivity index (χ3n) is 4.06. The first kappa shape index (κ1) is 16.9. The van der Waals surface area contributed by atoms with Gasteiger partial charge in [-0.25, -0.2) is 9.78 Å². The van der Waals surface area contributed by atoms with Crippen LogP contribution in [-0.4, -0.2) is 38.1 Å². The van der Waals surface area contributed by atoms with Crippen molar-refractivity contribution in [2.45, 2.75) is 38.6 Å². The molecule has 0 spiro atoms. The van der Waals surface area contributed by atoms with E-state index in [1.807, 2.05) is 6.92 Å². The van der Waals surface area contributed by atoms with Crippen molar-refractivity contribution in [1.29, 1.82) is 0 Å². The summed E-state index contributed by atoms with van der Waals surface area (Å²) in [7, 11) is 0. The third kappa shape index (κ3) is 3.30. The lowest BCUT2D eigenvalue weighted by molar-refractivity contribution is -0.135. The largest absolute Gasteiger partial charge is 0.480 e. The Bertz CT molecular complexity index is 971. The number of carboxylic acids is 1. The Kier molecular flexibility index (Phi) is 4.39. The molecule has 0 unspecified atom stereocenters. The van der Waals surface area contributed by atoms with Gasteiger partial charge in [-0.05, 0) is 25.3 Å². The highest BCUT2D eigenvalue weighted by Gasteiger charge is 2.28. The number of hydrogen-bond acceptors (Lipinski definition) is 5. The Labute approximate surface area is 141 Å². The Morgan fingerprint density at radius 3 is 2.72 bits per heavy atom. The van der Waals surface area contributed by atoms with E-state index >= 15 is 0 Å². The number of aliphatic carboxylic acids is 1. The van der Waals surface area contributed by atoms with Crippen LogP contribution in [0.2, 0.25) is 0 Å². The van der Waals surface area contributed by atoms with Crippen molar-refractivity contribution in [3.8, 4) is 0 Å². The fourth-order valence-electron chi connectivity index (χ4n) is 2.74. The monoisotopic (exact) mass is 346 g/mol. The van der Waals surface area contributed by atoms with Gasteiger partial charge in [0.2, 0.25) is 0 Å². The van der Waals surface area contributed by atoms with Gasteiger partial charge in [-0.15, -0.1) is 0 Å². The van der Waals surface area contributed by atoms with Crippen LogP contribution in [0.3, 0.4) is 0 Å². The number of carbonyl (C=O) groups is 2. The highest BCUT2D eigenvalue weighted by Crippen LogP contribution is 2.39. The zero-order valence-electron chi connectivity index (χ0n) is 13.7. The highest BCUT2D eigenvalue weighted by molar-refractivity contribution is 6.06. The maximum absolute atomic E-state index is 12.4. The number of nitrogens with one attached hydrogen (secondary N) is 2. The number of rotatable bonds is 6. The predicted octanol–water partition coefficient (Wildman–Crippen LogP) is 0.187. The van der Waals surface area contributed by atoms with Crippen molar-refractivity contribution < 1.29 is 14.7 Å². The summed E-state index contributed by atoms with van der Waals surface area (Å²) in [5.41, 5.74) is -0.429. The number of fused-ring (bicyclic) bond motifs is 1. The molecule has 9 heteroatoms. The molecule has 1 aliphatic rings. The number of hydrogen-bond donors (Lipinski definition) is 3. The van der Waals surface area contributed by atoms with Crippen molar-refractivity contribution >= 4 is 22.9 Å². The van der Waals surface area contributed by atoms with Gasteiger partial charge in [0.15, 0.2) is 5.65 Å². The first-order chi connectivity index (χ1) is 11.9. The minimum absolute atomic E-state index is 0.000314. The summed E-state index contributed by atoms with van der Waals surface area (Å²) in [5.74, 6) is -1.67. The van der Waals surface area contributed by atoms with Gasteiger partial charge < -0.3 is 10.4 Å². The quantitative estimate of drug-likeness (QED) is 0.683. The molecule has 0 atom stereocenters. The summed E-state index contributed by atoms with van der Waals surface area (Å²) in [5, 5.41) is 11.0. The molecule has 3 rings (SSSR count). The summed E-state index contributed by atoms with van der Waals surface area (Å²) in [6, 6.07) is 1.52. The molecule has 0 radical (unpaired) electrons. The molecule has 2 heterocycles. The summed E-state index contributed by atoms with van der Waals surface area (Å²) < 4.78 is 1.34. The van der Waals surface area contributed by atoms with Gasteiger partial charge in [0.1, 0.15) is 6.54 Å². The molecule has 25 heavy (non-hydrogen) atoms. The number of carboxylic acid groups (broad SMARTS) is 1. The first-order valence-electron chi connectivity index (χ1n) is 8.10. The zero-order chi connectivity index (χ0) is 18.1. The molecule has 1 fully saturated rings. The molecule has 2 aromatic heterocycles. The van der Waals surface area contributed by atoms with Crippen LogP contribution in [0.5, 0.6) is 0 Å². The van der Waals surface area contributed by atoms with Crippen molar-refractivity contribution in [3.63, 3.8) is 0 Å². The summed E-state index contributed by atoms with van der Waals surface area (Å²) in [4.78, 5) is 54.2. The fraction of sp³-hybridized carbons (Fsp3) is 0.438. The molecule has 2 aromatic rings. The summed E-state index contributed by atoms with van der Waals surface area (Å²) >= 11 is 0. The van der Waals surface area contributed by atoms with Gasteiger partial charge in [-0.3, -0.25) is 23.9 Å². The van der Waals surface area contributed by atoms with Gasteiger partial charge in [0.25, 0.3) is 11.5 Å². The first-order valence-corrected chi connectivity index (χ1v) is 8.10. The lowest BCUT2D eigenvalue weighted by Crippen LogP contribution is -2.34. The van der Waals surface area contributed by atoms with Crippen LogP contribution in [0, 0.1) is 0 Å². The normalized spacial score (nSPS) is 13.8. The minimum atomic E-state index is -1.19. The molecule has 3 N–H and O–H groups in total. The second-order valence-corrected chi connectivity index (χ2v) is 6.05. The molecule has 132 valence electrons. The number of H-pyrrole nitrogens is 1. The SMILES string of the molecule is CCCn1c(=O)[nH]c(=O)c2c(C(=O)NCC(=O)O)cc(C3CC3)nc21. The molecule has 0 bridgehead atoms. The highest BCUT2D eigenvalue weighted by atomic mass is 16.4. The van der Waals surface area contributed by atoms with E-state index in [9.17, 15) is 19.2 Å². The topological polar surface area (TPSA) is 134 Å². The van der Waals surface area contributed by atoms with E-state index in [0.29, 0.717) is 18.7 Å². The minimum Gasteiger partial charge on any atom is -0.480 e. The van der Waals surface area contributed by atoms with E-state index in [1.54, 1.807) is 0 Å². The number of pyridine rings is 1. The van der Waals surface area contributed by atoms with E-state index in [0.717, 1.165) is 12.8 Å². The Morgan fingerprint density at radius 2 is 2.12 bits per heavy atom. The van der Waals surface area contributed by atoms with Crippen LogP contribution < -0.4 is 16.6 Å². The second-order valence-electron chi connectivity index (χ2n) is 6.05. The van der Waals surface area contributed by atoms with E-state index < -0.39 is 29.7 Å². The summed E-state index contributed by atoms with van der Waals surface area (Å²) in [6.45, 7) is 1.67. The Morgan fingerprint density at radius 1 is 1.40 bits per heavy atom. The molecular formula is C16H18N4O5. The molecule has 0 aliphatic heterocycles. The zero-order valence-corrected chi connectivity index (χ0v) is 13.7. The molecular weight excluding hydrogens is 328 g/mol.